The summed E-state index contributed by atoms with van der Waals surface area (Å²) in [6.07, 6.45) is 7.17. The standard InChI is InChI=1S/C16H14BrClS.C2H6/c1-10-12-5-3-7-15(17)14(12)9-19-16-8-11(18)4-2-6-13(10)16;1-2/h2-7,10H,8-9H2,1H3;1-2H3. The van der Waals surface area contributed by atoms with Crippen LogP contribution in [0.15, 0.2) is 56.4 Å². The summed E-state index contributed by atoms with van der Waals surface area (Å²) in [5.74, 6) is 1.43. The molecule has 0 spiro atoms. The van der Waals surface area contributed by atoms with Gasteiger partial charge in [-0.15, -0.1) is 11.8 Å². The van der Waals surface area contributed by atoms with Gasteiger partial charge in [-0.2, -0.15) is 0 Å². The van der Waals surface area contributed by atoms with E-state index in [1.165, 1.54) is 26.1 Å². The lowest BCUT2D eigenvalue weighted by Gasteiger charge is -2.16. The predicted molar refractivity (Wildman–Crippen MR) is 99.9 cm³/mol. The van der Waals surface area contributed by atoms with E-state index in [2.05, 4.69) is 53.2 Å². The van der Waals surface area contributed by atoms with Crippen LogP contribution in [0.25, 0.3) is 0 Å². The van der Waals surface area contributed by atoms with Crippen LogP contribution in [0.2, 0.25) is 0 Å². The predicted octanol–water partition coefficient (Wildman–Crippen LogP) is 7.16. The fourth-order valence-electron chi connectivity index (χ4n) is 2.64. The van der Waals surface area contributed by atoms with Gasteiger partial charge in [0.1, 0.15) is 0 Å². The maximum absolute atomic E-state index is 6.24. The van der Waals surface area contributed by atoms with E-state index in [1.54, 1.807) is 0 Å². The summed E-state index contributed by atoms with van der Waals surface area (Å²) in [4.78, 5) is 1.41. The molecule has 3 rings (SSSR count). The van der Waals surface area contributed by atoms with E-state index in [-0.39, 0.29) is 0 Å². The quantitative estimate of drug-likeness (QED) is 0.458. The second-order valence-electron chi connectivity index (χ2n) is 4.85. The molecule has 1 aromatic carbocycles. The molecule has 1 aromatic rings. The molecule has 1 heterocycles. The Morgan fingerprint density at radius 1 is 1.29 bits per heavy atom. The summed E-state index contributed by atoms with van der Waals surface area (Å²) in [6, 6.07) is 6.50. The van der Waals surface area contributed by atoms with Crippen molar-refractivity contribution in [3.8, 4) is 0 Å². The number of rotatable bonds is 0. The van der Waals surface area contributed by atoms with Crippen LogP contribution in [-0.2, 0) is 5.75 Å². The van der Waals surface area contributed by atoms with Crippen molar-refractivity contribution in [2.45, 2.75) is 38.9 Å². The van der Waals surface area contributed by atoms with Crippen LogP contribution in [0.5, 0.6) is 0 Å². The second kappa shape index (κ2) is 7.71. The Morgan fingerprint density at radius 2 is 2.05 bits per heavy atom. The zero-order valence-electron chi connectivity index (χ0n) is 12.6. The molecule has 0 fully saturated rings. The van der Waals surface area contributed by atoms with Crippen molar-refractivity contribution in [2.75, 3.05) is 0 Å². The van der Waals surface area contributed by atoms with Crippen LogP contribution in [0.3, 0.4) is 0 Å². The van der Waals surface area contributed by atoms with Gasteiger partial charge in [0.2, 0.25) is 0 Å². The number of hydrogen-bond acceptors (Lipinski definition) is 1. The number of fused-ring (bicyclic) bond motifs is 1. The summed E-state index contributed by atoms with van der Waals surface area (Å²) in [5, 5.41) is 0.922. The molecule has 0 saturated heterocycles. The Bertz CT molecular complexity index is 614. The first-order valence-corrected chi connectivity index (χ1v) is 9.48. The topological polar surface area (TPSA) is 0 Å². The van der Waals surface area contributed by atoms with Crippen molar-refractivity contribution in [1.82, 2.24) is 0 Å². The Balaban J connectivity index is 0.000000774. The molecule has 0 bridgehead atoms. The highest BCUT2D eigenvalue weighted by Crippen LogP contribution is 2.45. The van der Waals surface area contributed by atoms with Crippen LogP contribution in [0.1, 0.15) is 44.2 Å². The second-order valence-corrected chi connectivity index (χ2v) is 7.26. The molecule has 2 aliphatic rings. The average Bonchev–Trinajstić information content (AvgIpc) is 2.75. The zero-order chi connectivity index (χ0) is 15.4. The SMILES string of the molecule is CC.CC1C2=C(CC(Cl)=CC=C2)SCc2c(Br)cccc21. The van der Waals surface area contributed by atoms with E-state index in [9.17, 15) is 0 Å². The first-order chi connectivity index (χ1) is 10.2. The fourth-order valence-corrected chi connectivity index (χ4v) is 4.95. The smallest absolute Gasteiger partial charge is 0.0243 e. The summed E-state index contributed by atoms with van der Waals surface area (Å²) in [7, 11) is 0. The van der Waals surface area contributed by atoms with Gasteiger partial charge < -0.3 is 0 Å². The average molecular weight is 384 g/mol. The van der Waals surface area contributed by atoms with Gasteiger partial charge in [-0.25, -0.2) is 0 Å². The lowest BCUT2D eigenvalue weighted by molar-refractivity contribution is 0.902. The van der Waals surface area contributed by atoms with Gasteiger partial charge in [-0.3, -0.25) is 0 Å². The molecule has 0 radical (unpaired) electrons. The fraction of sp³-hybridized carbons (Fsp3) is 0.333. The highest BCUT2D eigenvalue weighted by atomic mass is 79.9. The lowest BCUT2D eigenvalue weighted by atomic mass is 9.89. The first-order valence-electron chi connectivity index (χ1n) is 7.32. The third-order valence-electron chi connectivity index (χ3n) is 3.68. The molecule has 112 valence electrons. The summed E-state index contributed by atoms with van der Waals surface area (Å²) >= 11 is 11.8. The third-order valence-corrected chi connectivity index (χ3v) is 5.85. The number of halogens is 2. The molecular formula is C18H20BrClS. The molecule has 3 heteroatoms. The Kier molecular flexibility index (Phi) is 6.21. The summed E-state index contributed by atoms with van der Waals surface area (Å²) in [6.45, 7) is 6.29. The van der Waals surface area contributed by atoms with E-state index in [0.29, 0.717) is 5.92 Å². The van der Waals surface area contributed by atoms with Gasteiger partial charge in [-0.1, -0.05) is 72.6 Å². The van der Waals surface area contributed by atoms with E-state index in [0.717, 1.165) is 17.2 Å². The molecule has 0 N–H and O–H groups in total. The highest BCUT2D eigenvalue weighted by molar-refractivity contribution is 9.10. The Hall–Kier alpha value is -0.440. The normalized spacial score (nSPS) is 20.4. The lowest BCUT2D eigenvalue weighted by Crippen LogP contribution is -2.00. The van der Waals surface area contributed by atoms with E-state index < -0.39 is 0 Å². The number of thioether (sulfide) groups is 1. The largest absolute Gasteiger partial charge is 0.125 e. The molecule has 1 atom stereocenters. The van der Waals surface area contributed by atoms with Crippen LogP contribution >= 0.6 is 39.3 Å². The van der Waals surface area contributed by atoms with E-state index in [1.807, 2.05) is 31.7 Å². The van der Waals surface area contributed by atoms with Crippen LogP contribution in [0, 0.1) is 0 Å². The molecular weight excluding hydrogens is 364 g/mol. The molecule has 0 saturated carbocycles. The van der Waals surface area contributed by atoms with Gasteiger partial charge in [0.15, 0.2) is 0 Å². The molecule has 0 aromatic heterocycles. The molecule has 1 unspecified atom stereocenters. The molecule has 1 aliphatic carbocycles. The van der Waals surface area contributed by atoms with Crippen LogP contribution < -0.4 is 0 Å². The van der Waals surface area contributed by atoms with Crippen molar-refractivity contribution < 1.29 is 0 Å². The third kappa shape index (κ3) is 3.67. The maximum atomic E-state index is 6.24. The highest BCUT2D eigenvalue weighted by Gasteiger charge is 2.23. The van der Waals surface area contributed by atoms with Gasteiger partial charge in [0.05, 0.1) is 0 Å². The van der Waals surface area contributed by atoms with Crippen molar-refractivity contribution in [1.29, 1.82) is 0 Å². The zero-order valence-corrected chi connectivity index (χ0v) is 15.8. The Labute approximate surface area is 145 Å². The molecule has 21 heavy (non-hydrogen) atoms. The van der Waals surface area contributed by atoms with Gasteiger partial charge in [-0.05, 0) is 33.7 Å². The van der Waals surface area contributed by atoms with Crippen molar-refractivity contribution >= 4 is 39.3 Å². The minimum Gasteiger partial charge on any atom is -0.125 e. The van der Waals surface area contributed by atoms with Crippen molar-refractivity contribution in [3.05, 3.63) is 67.5 Å². The summed E-state index contributed by atoms with van der Waals surface area (Å²) in [5.41, 5.74) is 4.25. The molecule has 1 aliphatic heterocycles. The van der Waals surface area contributed by atoms with Crippen LogP contribution in [0.4, 0.5) is 0 Å². The van der Waals surface area contributed by atoms with Crippen molar-refractivity contribution in [2.24, 2.45) is 0 Å². The number of benzene rings is 1. The van der Waals surface area contributed by atoms with Crippen LogP contribution in [-0.4, -0.2) is 0 Å². The first kappa shape index (κ1) is 16.9. The van der Waals surface area contributed by atoms with Gasteiger partial charge in [0, 0.05) is 27.6 Å². The minimum absolute atomic E-state index is 0.421. The van der Waals surface area contributed by atoms with Gasteiger partial charge in [0.25, 0.3) is 0 Å². The minimum atomic E-state index is 0.421. The van der Waals surface area contributed by atoms with Gasteiger partial charge >= 0.3 is 0 Å². The molecule has 0 nitrogen and oxygen atoms in total. The van der Waals surface area contributed by atoms with E-state index in [4.69, 9.17) is 11.6 Å². The van der Waals surface area contributed by atoms with Crippen molar-refractivity contribution in [3.63, 3.8) is 0 Å². The maximum Gasteiger partial charge on any atom is 0.0243 e. The number of hydrogen-bond donors (Lipinski definition) is 0. The summed E-state index contributed by atoms with van der Waals surface area (Å²) < 4.78 is 1.22. The number of allylic oxidation sites excluding steroid dienone is 6. The molecule has 0 amide bonds. The van der Waals surface area contributed by atoms with E-state index >= 15 is 0 Å². The Morgan fingerprint density at radius 3 is 2.81 bits per heavy atom. The monoisotopic (exact) mass is 382 g/mol.